The fourth-order valence-corrected chi connectivity index (χ4v) is 1.91. The van der Waals surface area contributed by atoms with E-state index in [2.05, 4.69) is 0 Å². The molecule has 3 nitrogen and oxygen atoms in total. The fraction of sp³-hybridized carbons (Fsp3) is 0.417. The first-order valence-electron chi connectivity index (χ1n) is 5.16. The van der Waals surface area contributed by atoms with E-state index in [1.807, 2.05) is 30.3 Å². The lowest BCUT2D eigenvalue weighted by atomic mass is 10.1. The lowest BCUT2D eigenvalue weighted by Crippen LogP contribution is -2.42. The summed E-state index contributed by atoms with van der Waals surface area (Å²) in [4.78, 5) is 13.1. The topological polar surface area (TPSA) is 40.5 Å². The Kier molecular flexibility index (Phi) is 2.49. The van der Waals surface area contributed by atoms with E-state index in [4.69, 9.17) is 0 Å². The quantitative estimate of drug-likeness (QED) is 0.795. The van der Waals surface area contributed by atoms with Gasteiger partial charge in [0.2, 0.25) is 5.91 Å². The molecule has 0 aromatic heterocycles. The number of amides is 1. The van der Waals surface area contributed by atoms with Crippen LogP contribution in [0.25, 0.3) is 0 Å². The molecule has 1 aliphatic heterocycles. The van der Waals surface area contributed by atoms with Crippen LogP contribution >= 0.6 is 0 Å². The zero-order valence-electron chi connectivity index (χ0n) is 8.81. The number of rotatable bonds is 2. The highest BCUT2D eigenvalue weighted by Gasteiger charge is 2.39. The number of hydrogen-bond acceptors (Lipinski definition) is 2. The molecule has 80 valence electrons. The highest BCUT2D eigenvalue weighted by Crippen LogP contribution is 2.28. The average molecular weight is 205 g/mol. The molecule has 1 amide bonds. The van der Waals surface area contributed by atoms with Crippen LogP contribution in [0.15, 0.2) is 30.3 Å². The second-order valence-corrected chi connectivity index (χ2v) is 4.18. The zero-order chi connectivity index (χ0) is 10.9. The van der Waals surface area contributed by atoms with E-state index in [-0.39, 0.29) is 5.91 Å². The second kappa shape index (κ2) is 3.66. The highest BCUT2D eigenvalue weighted by molar-refractivity contribution is 5.79. The standard InChI is InChI=1S/C12H15NO2/c1-12(15)8-7-11(14)13(12)9-10-5-3-2-4-6-10/h2-6,15H,7-9H2,1H3. The maximum Gasteiger partial charge on any atom is 0.225 e. The minimum atomic E-state index is -0.979. The van der Waals surface area contributed by atoms with E-state index < -0.39 is 5.72 Å². The summed E-state index contributed by atoms with van der Waals surface area (Å²) < 4.78 is 0. The van der Waals surface area contributed by atoms with Crippen LogP contribution in [0.3, 0.4) is 0 Å². The van der Waals surface area contributed by atoms with E-state index in [0.717, 1.165) is 5.56 Å². The molecule has 3 heteroatoms. The first-order valence-corrected chi connectivity index (χ1v) is 5.16. The Hall–Kier alpha value is -1.35. The van der Waals surface area contributed by atoms with Gasteiger partial charge in [-0.1, -0.05) is 30.3 Å². The molecule has 1 heterocycles. The molecule has 1 N–H and O–H groups in total. The highest BCUT2D eigenvalue weighted by atomic mass is 16.3. The minimum Gasteiger partial charge on any atom is -0.371 e. The van der Waals surface area contributed by atoms with Gasteiger partial charge in [-0.2, -0.15) is 0 Å². The molecule has 15 heavy (non-hydrogen) atoms. The Balaban J connectivity index is 2.15. The lowest BCUT2D eigenvalue weighted by Gasteiger charge is -2.30. The van der Waals surface area contributed by atoms with Gasteiger partial charge in [0.05, 0.1) is 0 Å². The van der Waals surface area contributed by atoms with E-state index in [1.54, 1.807) is 11.8 Å². The van der Waals surface area contributed by atoms with E-state index in [9.17, 15) is 9.90 Å². The van der Waals surface area contributed by atoms with Crippen LogP contribution in [-0.4, -0.2) is 21.6 Å². The molecule has 0 radical (unpaired) electrons. The minimum absolute atomic E-state index is 0.0313. The monoisotopic (exact) mass is 205 g/mol. The van der Waals surface area contributed by atoms with Crippen molar-refractivity contribution in [1.29, 1.82) is 0 Å². The van der Waals surface area contributed by atoms with Gasteiger partial charge in [0, 0.05) is 19.4 Å². The second-order valence-electron chi connectivity index (χ2n) is 4.18. The number of carbonyl (C=O) groups excluding carboxylic acids is 1. The normalized spacial score (nSPS) is 26.0. The Morgan fingerprint density at radius 2 is 2.07 bits per heavy atom. The smallest absolute Gasteiger partial charge is 0.225 e. The molecule has 2 rings (SSSR count). The SMILES string of the molecule is CC1(O)CCC(=O)N1Cc1ccccc1. The van der Waals surface area contributed by atoms with Gasteiger partial charge < -0.3 is 10.0 Å². The third-order valence-corrected chi connectivity index (χ3v) is 2.88. The van der Waals surface area contributed by atoms with Crippen molar-refractivity contribution in [3.05, 3.63) is 35.9 Å². The van der Waals surface area contributed by atoms with Crippen molar-refractivity contribution < 1.29 is 9.90 Å². The molecule has 0 aliphatic carbocycles. The van der Waals surface area contributed by atoms with Gasteiger partial charge in [0.15, 0.2) is 0 Å². The molecule has 0 bridgehead atoms. The average Bonchev–Trinajstić information content (AvgIpc) is 2.47. The number of carbonyl (C=O) groups is 1. The molecule has 1 unspecified atom stereocenters. The molecular formula is C12H15NO2. The van der Waals surface area contributed by atoms with Crippen LogP contribution in [0.4, 0.5) is 0 Å². The molecule has 1 fully saturated rings. The Morgan fingerprint density at radius 3 is 2.60 bits per heavy atom. The van der Waals surface area contributed by atoms with Gasteiger partial charge in [0.1, 0.15) is 5.72 Å². The summed E-state index contributed by atoms with van der Waals surface area (Å²) in [6.07, 6.45) is 0.971. The number of likely N-dealkylation sites (tertiary alicyclic amines) is 1. The molecule has 1 atom stereocenters. The zero-order valence-corrected chi connectivity index (χ0v) is 8.81. The van der Waals surface area contributed by atoms with Crippen molar-refractivity contribution in [2.75, 3.05) is 0 Å². The third kappa shape index (κ3) is 2.02. The van der Waals surface area contributed by atoms with Crippen molar-refractivity contribution in [3.8, 4) is 0 Å². The van der Waals surface area contributed by atoms with Crippen LogP contribution in [0.5, 0.6) is 0 Å². The van der Waals surface area contributed by atoms with Crippen molar-refractivity contribution in [3.63, 3.8) is 0 Å². The van der Waals surface area contributed by atoms with Crippen LogP contribution in [0.2, 0.25) is 0 Å². The Morgan fingerprint density at radius 1 is 1.40 bits per heavy atom. The molecule has 0 saturated carbocycles. The Bertz CT molecular complexity index is 359. The molecule has 1 aliphatic rings. The van der Waals surface area contributed by atoms with Gasteiger partial charge in [-0.3, -0.25) is 4.79 Å². The summed E-state index contributed by atoms with van der Waals surface area (Å²) in [5.74, 6) is 0.0313. The van der Waals surface area contributed by atoms with Gasteiger partial charge in [-0.05, 0) is 12.5 Å². The first-order chi connectivity index (χ1) is 7.09. The van der Waals surface area contributed by atoms with E-state index >= 15 is 0 Å². The van der Waals surface area contributed by atoms with Gasteiger partial charge in [-0.25, -0.2) is 0 Å². The maximum absolute atomic E-state index is 11.6. The largest absolute Gasteiger partial charge is 0.371 e. The molecule has 0 spiro atoms. The summed E-state index contributed by atoms with van der Waals surface area (Å²) in [5.41, 5.74) is 0.0699. The van der Waals surface area contributed by atoms with Crippen molar-refractivity contribution >= 4 is 5.91 Å². The van der Waals surface area contributed by atoms with Crippen LogP contribution in [0, 0.1) is 0 Å². The van der Waals surface area contributed by atoms with Crippen LogP contribution in [0.1, 0.15) is 25.3 Å². The summed E-state index contributed by atoms with van der Waals surface area (Å²) in [6.45, 7) is 2.19. The molecular weight excluding hydrogens is 190 g/mol. The van der Waals surface area contributed by atoms with Gasteiger partial charge in [0.25, 0.3) is 0 Å². The number of benzene rings is 1. The molecule has 1 aromatic rings. The summed E-state index contributed by atoms with van der Waals surface area (Å²) in [7, 11) is 0. The number of aliphatic hydroxyl groups is 1. The summed E-state index contributed by atoms with van der Waals surface area (Å²) in [5, 5.41) is 9.99. The Labute approximate surface area is 89.3 Å². The maximum atomic E-state index is 11.6. The molecule has 1 aromatic carbocycles. The summed E-state index contributed by atoms with van der Waals surface area (Å²) >= 11 is 0. The first kappa shape index (κ1) is 10.2. The van der Waals surface area contributed by atoms with E-state index in [1.165, 1.54) is 0 Å². The number of nitrogens with zero attached hydrogens (tertiary/aromatic N) is 1. The predicted molar refractivity (Wildman–Crippen MR) is 56.8 cm³/mol. The van der Waals surface area contributed by atoms with Gasteiger partial charge in [-0.15, -0.1) is 0 Å². The molecule has 1 saturated heterocycles. The number of hydrogen-bond donors (Lipinski definition) is 1. The van der Waals surface area contributed by atoms with Crippen LogP contribution in [-0.2, 0) is 11.3 Å². The summed E-state index contributed by atoms with van der Waals surface area (Å²) in [6, 6.07) is 9.73. The van der Waals surface area contributed by atoms with Gasteiger partial charge >= 0.3 is 0 Å². The fourth-order valence-electron chi connectivity index (χ4n) is 1.91. The third-order valence-electron chi connectivity index (χ3n) is 2.88. The van der Waals surface area contributed by atoms with Crippen molar-refractivity contribution in [2.24, 2.45) is 0 Å². The predicted octanol–water partition coefficient (Wildman–Crippen LogP) is 1.52. The van der Waals surface area contributed by atoms with E-state index in [0.29, 0.717) is 19.4 Å². The van der Waals surface area contributed by atoms with Crippen molar-refractivity contribution in [1.82, 2.24) is 4.90 Å². The lowest BCUT2D eigenvalue weighted by molar-refractivity contribution is -0.143. The van der Waals surface area contributed by atoms with Crippen LogP contribution < -0.4 is 0 Å². The van der Waals surface area contributed by atoms with Crippen molar-refractivity contribution in [2.45, 2.75) is 32.0 Å².